The van der Waals surface area contributed by atoms with E-state index in [2.05, 4.69) is 38.4 Å². The van der Waals surface area contributed by atoms with Crippen LogP contribution in [0.5, 0.6) is 5.75 Å². The van der Waals surface area contributed by atoms with Gasteiger partial charge in [0.1, 0.15) is 5.75 Å². The molecule has 2 aromatic rings. The summed E-state index contributed by atoms with van der Waals surface area (Å²) in [6.07, 6.45) is 1.44. The largest absolute Gasteiger partial charge is 0.507 e. The van der Waals surface area contributed by atoms with E-state index in [-0.39, 0.29) is 18.2 Å². The Morgan fingerprint density at radius 3 is 2.74 bits per heavy atom. The lowest BCUT2D eigenvalue weighted by Gasteiger charge is -2.08. The minimum absolute atomic E-state index is 0.125. The number of para-hydroxylation sites is 1. The van der Waals surface area contributed by atoms with Crippen LogP contribution < -0.4 is 10.7 Å². The van der Waals surface area contributed by atoms with Crippen LogP contribution in [0.15, 0.2) is 41.5 Å². The minimum Gasteiger partial charge on any atom is -0.507 e. The number of hydrazone groups is 1. The second-order valence-corrected chi connectivity index (χ2v) is 6.37. The van der Waals surface area contributed by atoms with Gasteiger partial charge in [-0.05, 0) is 65.8 Å². The van der Waals surface area contributed by atoms with Gasteiger partial charge in [-0.1, -0.05) is 18.2 Å². The Kier molecular flexibility index (Phi) is 5.97. The number of halogens is 1. The number of rotatable bonds is 5. The fourth-order valence-electron chi connectivity index (χ4n) is 2.02. The lowest BCUT2D eigenvalue weighted by atomic mass is 10.1. The van der Waals surface area contributed by atoms with Gasteiger partial charge in [-0.15, -0.1) is 0 Å². The van der Waals surface area contributed by atoms with E-state index in [1.165, 1.54) is 6.21 Å². The van der Waals surface area contributed by atoms with Gasteiger partial charge >= 0.3 is 0 Å². The zero-order valence-corrected chi connectivity index (χ0v) is 15.1. The van der Waals surface area contributed by atoms with Crippen LogP contribution in [-0.4, -0.2) is 23.8 Å². The Balaban J connectivity index is 1.91. The molecule has 0 atom stereocenters. The molecule has 0 saturated carbocycles. The molecule has 0 aliphatic rings. The second kappa shape index (κ2) is 7.96. The summed E-state index contributed by atoms with van der Waals surface area (Å²) in [7, 11) is 0. The first-order valence-corrected chi connectivity index (χ1v) is 8.16. The van der Waals surface area contributed by atoms with E-state index in [0.717, 1.165) is 20.4 Å². The van der Waals surface area contributed by atoms with Gasteiger partial charge in [-0.2, -0.15) is 5.10 Å². The molecule has 2 aromatic carbocycles. The number of carbonyl (C=O) groups is 1. The number of hydrogen-bond acceptors (Lipinski definition) is 4. The van der Waals surface area contributed by atoms with E-state index >= 15 is 0 Å². The molecule has 5 nitrogen and oxygen atoms in total. The lowest BCUT2D eigenvalue weighted by molar-refractivity contribution is -0.119. The molecule has 1 amide bonds. The Morgan fingerprint density at radius 1 is 1.26 bits per heavy atom. The SMILES string of the molecule is Cc1ccccc1NCC(=O)N/N=C/c1cc(I)cc(C)c1O. The van der Waals surface area contributed by atoms with Gasteiger partial charge in [0.15, 0.2) is 0 Å². The molecular formula is C17H18IN3O2. The third-order valence-electron chi connectivity index (χ3n) is 3.27. The number of phenolic OH excluding ortho intramolecular Hbond substituents is 1. The van der Waals surface area contributed by atoms with Crippen molar-refractivity contribution in [3.05, 3.63) is 56.7 Å². The first-order chi connectivity index (χ1) is 11.0. The highest BCUT2D eigenvalue weighted by molar-refractivity contribution is 14.1. The van der Waals surface area contributed by atoms with Crippen LogP contribution >= 0.6 is 22.6 Å². The summed E-state index contributed by atoms with van der Waals surface area (Å²) in [6.45, 7) is 3.92. The highest BCUT2D eigenvalue weighted by Gasteiger charge is 2.05. The monoisotopic (exact) mass is 423 g/mol. The average Bonchev–Trinajstić information content (AvgIpc) is 2.51. The summed E-state index contributed by atoms with van der Waals surface area (Å²) in [5.41, 5.74) is 5.77. The van der Waals surface area contributed by atoms with Crippen LogP contribution in [0.1, 0.15) is 16.7 Å². The van der Waals surface area contributed by atoms with E-state index in [0.29, 0.717) is 5.56 Å². The maximum absolute atomic E-state index is 11.8. The van der Waals surface area contributed by atoms with E-state index < -0.39 is 0 Å². The number of aryl methyl sites for hydroxylation is 2. The molecule has 0 unspecified atom stereocenters. The van der Waals surface area contributed by atoms with Gasteiger partial charge in [-0.25, -0.2) is 5.43 Å². The topological polar surface area (TPSA) is 73.7 Å². The van der Waals surface area contributed by atoms with Crippen LogP contribution in [0.2, 0.25) is 0 Å². The number of hydrogen-bond donors (Lipinski definition) is 3. The van der Waals surface area contributed by atoms with Crippen molar-refractivity contribution in [1.82, 2.24) is 5.43 Å². The number of carbonyl (C=O) groups excluding carboxylic acids is 1. The van der Waals surface area contributed by atoms with Crippen molar-refractivity contribution in [2.75, 3.05) is 11.9 Å². The van der Waals surface area contributed by atoms with Gasteiger partial charge in [-0.3, -0.25) is 4.79 Å². The summed E-state index contributed by atoms with van der Waals surface area (Å²) in [5, 5.41) is 16.9. The molecule has 0 heterocycles. The summed E-state index contributed by atoms with van der Waals surface area (Å²) in [4.78, 5) is 11.8. The summed E-state index contributed by atoms with van der Waals surface area (Å²) >= 11 is 2.17. The molecule has 0 radical (unpaired) electrons. The second-order valence-electron chi connectivity index (χ2n) is 5.12. The van der Waals surface area contributed by atoms with Crippen molar-refractivity contribution in [1.29, 1.82) is 0 Å². The normalized spacial score (nSPS) is 10.7. The highest BCUT2D eigenvalue weighted by atomic mass is 127. The number of amides is 1. The van der Waals surface area contributed by atoms with Crippen LogP contribution in [0.3, 0.4) is 0 Å². The van der Waals surface area contributed by atoms with Crippen LogP contribution in [0.25, 0.3) is 0 Å². The Hall–Kier alpha value is -2.09. The molecule has 0 aromatic heterocycles. The Bertz CT molecular complexity index is 745. The van der Waals surface area contributed by atoms with Crippen LogP contribution in [0.4, 0.5) is 5.69 Å². The van der Waals surface area contributed by atoms with E-state index in [1.54, 1.807) is 6.07 Å². The first-order valence-electron chi connectivity index (χ1n) is 7.08. The van der Waals surface area contributed by atoms with Crippen molar-refractivity contribution in [2.45, 2.75) is 13.8 Å². The third-order valence-corrected chi connectivity index (χ3v) is 3.89. The number of nitrogens with one attached hydrogen (secondary N) is 2. The van der Waals surface area contributed by atoms with E-state index in [1.807, 2.05) is 44.2 Å². The zero-order valence-electron chi connectivity index (χ0n) is 12.9. The molecule has 0 aliphatic carbocycles. The number of benzene rings is 2. The van der Waals surface area contributed by atoms with Gasteiger partial charge in [0.2, 0.25) is 0 Å². The maximum atomic E-state index is 11.8. The molecule has 2 rings (SSSR count). The Labute approximate surface area is 148 Å². The first kappa shape index (κ1) is 17.3. The Morgan fingerprint density at radius 2 is 2.00 bits per heavy atom. The third kappa shape index (κ3) is 4.95. The number of anilines is 1. The average molecular weight is 423 g/mol. The van der Waals surface area contributed by atoms with Crippen LogP contribution in [-0.2, 0) is 4.79 Å². The molecule has 6 heteroatoms. The fourth-order valence-corrected chi connectivity index (χ4v) is 2.82. The molecule has 0 saturated heterocycles. The minimum atomic E-state index is -0.258. The smallest absolute Gasteiger partial charge is 0.259 e. The molecule has 0 aliphatic heterocycles. The van der Waals surface area contributed by atoms with Crippen molar-refractivity contribution in [3.8, 4) is 5.75 Å². The highest BCUT2D eigenvalue weighted by Crippen LogP contribution is 2.23. The number of phenols is 1. The predicted molar refractivity (Wildman–Crippen MR) is 101 cm³/mol. The number of nitrogens with zero attached hydrogens (tertiary/aromatic N) is 1. The summed E-state index contributed by atoms with van der Waals surface area (Å²) < 4.78 is 0.992. The molecular weight excluding hydrogens is 405 g/mol. The molecule has 0 spiro atoms. The predicted octanol–water partition coefficient (Wildman–Crippen LogP) is 3.18. The van der Waals surface area contributed by atoms with Crippen molar-refractivity contribution >= 4 is 40.4 Å². The van der Waals surface area contributed by atoms with Crippen LogP contribution in [0, 0.1) is 17.4 Å². The zero-order chi connectivity index (χ0) is 16.8. The fraction of sp³-hybridized carbons (Fsp3) is 0.176. The maximum Gasteiger partial charge on any atom is 0.259 e. The standard InChI is InChI=1S/C17H18IN3O2/c1-11-5-3-4-6-15(11)19-10-16(22)21-20-9-13-8-14(18)7-12(2)17(13)23/h3-9,19,23H,10H2,1-2H3,(H,21,22)/b20-9+. The van der Waals surface area contributed by atoms with Crippen molar-refractivity contribution < 1.29 is 9.90 Å². The van der Waals surface area contributed by atoms with Gasteiger partial charge in [0.25, 0.3) is 5.91 Å². The summed E-state index contributed by atoms with van der Waals surface area (Å²) in [5.74, 6) is -0.0900. The summed E-state index contributed by atoms with van der Waals surface area (Å²) in [6, 6.07) is 11.4. The molecule has 0 bridgehead atoms. The lowest BCUT2D eigenvalue weighted by Crippen LogP contribution is -2.26. The number of aromatic hydroxyl groups is 1. The van der Waals surface area contributed by atoms with E-state index in [4.69, 9.17) is 0 Å². The van der Waals surface area contributed by atoms with Gasteiger partial charge in [0.05, 0.1) is 12.8 Å². The van der Waals surface area contributed by atoms with Gasteiger partial charge in [0, 0.05) is 14.8 Å². The van der Waals surface area contributed by atoms with Crippen molar-refractivity contribution in [2.24, 2.45) is 5.10 Å². The van der Waals surface area contributed by atoms with E-state index in [9.17, 15) is 9.90 Å². The quantitative estimate of drug-likeness (QED) is 0.393. The molecule has 0 fully saturated rings. The molecule has 3 N–H and O–H groups in total. The van der Waals surface area contributed by atoms with Crippen molar-refractivity contribution in [3.63, 3.8) is 0 Å². The molecule has 120 valence electrons. The molecule has 23 heavy (non-hydrogen) atoms. The van der Waals surface area contributed by atoms with Gasteiger partial charge < -0.3 is 10.4 Å².